The highest BCUT2D eigenvalue weighted by Crippen LogP contribution is 2.06. The van der Waals surface area contributed by atoms with Gasteiger partial charge in [-0.2, -0.15) is 0 Å². The van der Waals surface area contributed by atoms with Crippen LogP contribution in [0.2, 0.25) is 0 Å². The molecule has 0 amide bonds. The Balaban J connectivity index is 2.18. The maximum absolute atomic E-state index is 10.3. The van der Waals surface area contributed by atoms with E-state index >= 15 is 0 Å². The average Bonchev–Trinajstić information content (AvgIpc) is 2.06. The second kappa shape index (κ2) is 4.46. The highest BCUT2D eigenvalue weighted by Gasteiger charge is 2.14. The number of nitrogens with one attached hydrogen (secondary N) is 1. The van der Waals surface area contributed by atoms with Gasteiger partial charge >= 0.3 is 0 Å². The van der Waals surface area contributed by atoms with Crippen LogP contribution in [0.5, 0.6) is 0 Å². The van der Waals surface area contributed by atoms with Gasteiger partial charge < -0.3 is 14.8 Å². The molecule has 1 rings (SSSR count). The lowest BCUT2D eigenvalue weighted by Crippen LogP contribution is -2.40. The van der Waals surface area contributed by atoms with Gasteiger partial charge in [0.25, 0.3) is 0 Å². The van der Waals surface area contributed by atoms with Crippen molar-refractivity contribution in [2.24, 2.45) is 0 Å². The van der Waals surface area contributed by atoms with Crippen LogP contribution in [0.3, 0.4) is 0 Å². The van der Waals surface area contributed by atoms with E-state index in [1.54, 1.807) is 0 Å². The number of aldehydes is 1. The standard InChI is InChI=1S/C8H15NO2/c1-7(6-10)9-8-2-4-11-5-3-8/h6-9H,2-5H2,1H3. The summed E-state index contributed by atoms with van der Waals surface area (Å²) in [5.74, 6) is 0. The van der Waals surface area contributed by atoms with Gasteiger partial charge in [0.1, 0.15) is 6.29 Å². The fourth-order valence-electron chi connectivity index (χ4n) is 1.28. The summed E-state index contributed by atoms with van der Waals surface area (Å²) in [6.45, 7) is 3.52. The highest BCUT2D eigenvalue weighted by molar-refractivity contribution is 5.56. The van der Waals surface area contributed by atoms with Crippen LogP contribution < -0.4 is 5.32 Å². The molecule has 0 aliphatic carbocycles. The topological polar surface area (TPSA) is 38.3 Å². The van der Waals surface area contributed by atoms with Crippen LogP contribution in [-0.2, 0) is 9.53 Å². The van der Waals surface area contributed by atoms with E-state index in [9.17, 15) is 4.79 Å². The lowest BCUT2D eigenvalue weighted by Gasteiger charge is -2.24. The number of hydrogen-bond acceptors (Lipinski definition) is 3. The zero-order valence-electron chi connectivity index (χ0n) is 6.88. The molecule has 1 heterocycles. The van der Waals surface area contributed by atoms with E-state index in [-0.39, 0.29) is 6.04 Å². The van der Waals surface area contributed by atoms with Crippen LogP contribution >= 0.6 is 0 Å². The molecule has 1 fully saturated rings. The molecule has 0 aromatic rings. The molecule has 0 bridgehead atoms. The fourth-order valence-corrected chi connectivity index (χ4v) is 1.28. The predicted octanol–water partition coefficient (Wildman–Crippen LogP) is 0.342. The Bertz CT molecular complexity index is 121. The molecule has 0 radical (unpaired) electrons. The van der Waals surface area contributed by atoms with Crippen molar-refractivity contribution < 1.29 is 9.53 Å². The van der Waals surface area contributed by atoms with Crippen molar-refractivity contribution in [1.82, 2.24) is 5.32 Å². The number of ether oxygens (including phenoxy) is 1. The third-order valence-corrected chi connectivity index (χ3v) is 1.92. The van der Waals surface area contributed by atoms with Crippen LogP contribution in [-0.4, -0.2) is 31.6 Å². The van der Waals surface area contributed by atoms with Crippen LogP contribution in [0.4, 0.5) is 0 Å². The molecule has 1 N–H and O–H groups in total. The first-order chi connectivity index (χ1) is 5.33. The van der Waals surface area contributed by atoms with E-state index in [4.69, 9.17) is 4.74 Å². The van der Waals surface area contributed by atoms with Gasteiger partial charge in [0.2, 0.25) is 0 Å². The average molecular weight is 157 g/mol. The van der Waals surface area contributed by atoms with Gasteiger partial charge in [0.05, 0.1) is 6.04 Å². The third kappa shape index (κ3) is 2.99. The zero-order chi connectivity index (χ0) is 8.10. The SMILES string of the molecule is CC(C=O)NC1CCOCC1. The van der Waals surface area contributed by atoms with Gasteiger partial charge in [0, 0.05) is 19.3 Å². The number of hydrogen-bond donors (Lipinski definition) is 1. The maximum atomic E-state index is 10.3. The molecule has 1 atom stereocenters. The molecule has 1 unspecified atom stereocenters. The molecular formula is C8H15NO2. The number of carbonyl (C=O) groups excluding carboxylic acids is 1. The van der Waals surface area contributed by atoms with E-state index < -0.39 is 0 Å². The van der Waals surface area contributed by atoms with Gasteiger partial charge in [-0.1, -0.05) is 0 Å². The second-order valence-corrected chi connectivity index (χ2v) is 2.98. The van der Waals surface area contributed by atoms with E-state index in [2.05, 4.69) is 5.32 Å². The van der Waals surface area contributed by atoms with Crippen molar-refractivity contribution in [1.29, 1.82) is 0 Å². The van der Waals surface area contributed by atoms with Gasteiger partial charge in [0.15, 0.2) is 0 Å². The highest BCUT2D eigenvalue weighted by atomic mass is 16.5. The fraction of sp³-hybridized carbons (Fsp3) is 0.875. The lowest BCUT2D eigenvalue weighted by atomic mass is 10.1. The van der Waals surface area contributed by atoms with Crippen molar-refractivity contribution in [3.8, 4) is 0 Å². The Morgan fingerprint density at radius 3 is 2.73 bits per heavy atom. The molecule has 3 nitrogen and oxygen atoms in total. The lowest BCUT2D eigenvalue weighted by molar-refractivity contribution is -0.109. The third-order valence-electron chi connectivity index (χ3n) is 1.92. The van der Waals surface area contributed by atoms with Gasteiger partial charge in [-0.3, -0.25) is 0 Å². The summed E-state index contributed by atoms with van der Waals surface area (Å²) in [7, 11) is 0. The molecule has 0 aromatic carbocycles. The predicted molar refractivity (Wildman–Crippen MR) is 42.5 cm³/mol. The maximum Gasteiger partial charge on any atom is 0.136 e. The molecular weight excluding hydrogens is 142 g/mol. The Kier molecular flexibility index (Phi) is 3.52. The van der Waals surface area contributed by atoms with Crippen LogP contribution in [0, 0.1) is 0 Å². The summed E-state index contributed by atoms with van der Waals surface area (Å²) in [5, 5.41) is 3.22. The summed E-state index contributed by atoms with van der Waals surface area (Å²) < 4.78 is 5.19. The Morgan fingerprint density at radius 1 is 1.55 bits per heavy atom. The molecule has 0 spiro atoms. The first-order valence-corrected chi connectivity index (χ1v) is 4.12. The van der Waals surface area contributed by atoms with Crippen LogP contribution in [0.1, 0.15) is 19.8 Å². The quantitative estimate of drug-likeness (QED) is 0.600. The molecule has 1 saturated heterocycles. The summed E-state index contributed by atoms with van der Waals surface area (Å²) in [6.07, 6.45) is 2.99. The van der Waals surface area contributed by atoms with E-state index in [0.717, 1.165) is 32.3 Å². The van der Waals surface area contributed by atoms with Crippen molar-refractivity contribution in [2.75, 3.05) is 13.2 Å². The Hall–Kier alpha value is -0.410. The first-order valence-electron chi connectivity index (χ1n) is 4.12. The van der Waals surface area contributed by atoms with Crippen molar-refractivity contribution in [3.63, 3.8) is 0 Å². The smallest absolute Gasteiger partial charge is 0.136 e. The first kappa shape index (κ1) is 8.68. The minimum absolute atomic E-state index is 0.0156. The minimum atomic E-state index is -0.0156. The zero-order valence-corrected chi connectivity index (χ0v) is 6.88. The summed E-state index contributed by atoms with van der Waals surface area (Å²) in [6, 6.07) is 0.460. The molecule has 1 aliphatic heterocycles. The summed E-state index contributed by atoms with van der Waals surface area (Å²) in [5.41, 5.74) is 0. The van der Waals surface area contributed by atoms with E-state index in [1.165, 1.54) is 0 Å². The second-order valence-electron chi connectivity index (χ2n) is 2.98. The number of carbonyl (C=O) groups is 1. The molecule has 11 heavy (non-hydrogen) atoms. The Morgan fingerprint density at radius 2 is 2.18 bits per heavy atom. The monoisotopic (exact) mass is 157 g/mol. The largest absolute Gasteiger partial charge is 0.381 e. The number of rotatable bonds is 3. The summed E-state index contributed by atoms with van der Waals surface area (Å²) in [4.78, 5) is 10.3. The minimum Gasteiger partial charge on any atom is -0.381 e. The molecule has 64 valence electrons. The van der Waals surface area contributed by atoms with E-state index in [1.807, 2.05) is 6.92 Å². The van der Waals surface area contributed by atoms with Crippen LogP contribution in [0.15, 0.2) is 0 Å². The van der Waals surface area contributed by atoms with Gasteiger partial charge in [-0.05, 0) is 19.8 Å². The van der Waals surface area contributed by atoms with Crippen molar-refractivity contribution in [2.45, 2.75) is 31.8 Å². The van der Waals surface area contributed by atoms with Crippen LogP contribution in [0.25, 0.3) is 0 Å². The Labute approximate surface area is 67.1 Å². The molecule has 3 heteroatoms. The van der Waals surface area contributed by atoms with Gasteiger partial charge in [-0.15, -0.1) is 0 Å². The molecule has 0 saturated carbocycles. The van der Waals surface area contributed by atoms with E-state index in [0.29, 0.717) is 6.04 Å². The summed E-state index contributed by atoms with van der Waals surface area (Å²) >= 11 is 0. The van der Waals surface area contributed by atoms with Crippen molar-refractivity contribution in [3.05, 3.63) is 0 Å². The molecule has 0 aromatic heterocycles. The van der Waals surface area contributed by atoms with Gasteiger partial charge in [-0.25, -0.2) is 0 Å². The van der Waals surface area contributed by atoms with Crippen molar-refractivity contribution >= 4 is 6.29 Å². The molecule has 1 aliphatic rings. The normalized spacial score (nSPS) is 23.0.